The van der Waals surface area contributed by atoms with Gasteiger partial charge in [-0.25, -0.2) is 4.79 Å². The summed E-state index contributed by atoms with van der Waals surface area (Å²) in [6, 6.07) is 36.2. The van der Waals surface area contributed by atoms with Gasteiger partial charge in [0.15, 0.2) is 0 Å². The number of rotatable bonds is 14. The van der Waals surface area contributed by atoms with Crippen LogP contribution in [0.3, 0.4) is 0 Å². The van der Waals surface area contributed by atoms with Crippen LogP contribution in [0.15, 0.2) is 157 Å². The van der Waals surface area contributed by atoms with Gasteiger partial charge in [0, 0.05) is 56.5 Å². The summed E-state index contributed by atoms with van der Waals surface area (Å²) in [7, 11) is 0. The van der Waals surface area contributed by atoms with Crippen LogP contribution in [0, 0.1) is 0 Å². The number of benzene rings is 5. The van der Waals surface area contributed by atoms with Crippen molar-refractivity contribution in [2.45, 2.75) is 88.4 Å². The lowest BCUT2D eigenvalue weighted by molar-refractivity contribution is -0.173. The summed E-state index contributed by atoms with van der Waals surface area (Å²) in [6.07, 6.45) is -4.96. The maximum atomic E-state index is 15.0. The predicted molar refractivity (Wildman–Crippen MR) is 281 cm³/mol. The summed E-state index contributed by atoms with van der Waals surface area (Å²) in [5.41, 5.74) is 4.13. The topological polar surface area (TPSA) is 264 Å². The number of anilines is 1. The molecule has 5 aromatic carbocycles. The lowest BCUT2D eigenvalue weighted by Crippen LogP contribution is -2.61. The Bertz CT molecular complexity index is 3000. The van der Waals surface area contributed by atoms with Crippen molar-refractivity contribution >= 4 is 70.4 Å². The number of hydrogen-bond donors (Lipinski definition) is 7. The first kappa shape index (κ1) is 54.8. The molecule has 2 aliphatic heterocycles. The largest absolute Gasteiger partial charge is 0.480 e. The highest BCUT2D eigenvalue weighted by atomic mass is 32.1. The van der Waals surface area contributed by atoms with Crippen molar-refractivity contribution in [3.63, 3.8) is 0 Å². The third-order valence-electron chi connectivity index (χ3n) is 12.2. The summed E-state index contributed by atoms with van der Waals surface area (Å²) >= 11 is 1.26. The van der Waals surface area contributed by atoms with Gasteiger partial charge >= 0.3 is 17.9 Å². The maximum absolute atomic E-state index is 15.0. The van der Waals surface area contributed by atoms with E-state index in [4.69, 9.17) is 9.47 Å². The van der Waals surface area contributed by atoms with Gasteiger partial charge < -0.3 is 46.5 Å². The minimum absolute atomic E-state index is 0.0896. The molecule has 7 N–H and O–H groups in total. The molecule has 0 radical (unpaired) electrons. The van der Waals surface area contributed by atoms with E-state index in [9.17, 15) is 48.3 Å². The van der Waals surface area contributed by atoms with Crippen LogP contribution in [0.1, 0.15) is 41.0 Å². The quantitative estimate of drug-likeness (QED) is 0.0597. The molecule has 18 nitrogen and oxygen atoms in total. The van der Waals surface area contributed by atoms with Crippen LogP contribution < -0.4 is 31.9 Å². The van der Waals surface area contributed by atoms with Crippen molar-refractivity contribution < 1.29 is 57.7 Å². The number of carboxylic acid groups (broad SMARTS) is 1. The van der Waals surface area contributed by atoms with E-state index in [1.54, 1.807) is 90.3 Å². The van der Waals surface area contributed by atoms with Crippen LogP contribution >= 0.6 is 11.3 Å². The third kappa shape index (κ3) is 15.8. The molecule has 76 heavy (non-hydrogen) atoms. The van der Waals surface area contributed by atoms with Crippen molar-refractivity contribution in [1.29, 1.82) is 0 Å². The number of esters is 2. The van der Waals surface area contributed by atoms with Crippen LogP contribution in [0.5, 0.6) is 0 Å². The number of amides is 6. The molecule has 0 fully saturated rings. The number of hydrogen-bond acceptors (Lipinski definition) is 12. The summed E-state index contributed by atoms with van der Waals surface area (Å²) in [4.78, 5) is 126. The van der Waals surface area contributed by atoms with Crippen LogP contribution in [0.4, 0.5) is 5.69 Å². The van der Waals surface area contributed by atoms with Gasteiger partial charge in [0.05, 0.1) is 0 Å². The highest BCUT2D eigenvalue weighted by Gasteiger charge is 2.42. The Kier molecular flexibility index (Phi) is 19.0. The summed E-state index contributed by atoms with van der Waals surface area (Å²) in [6.45, 7) is 1.96. The third-order valence-corrected chi connectivity index (χ3v) is 13.1. The molecule has 0 aliphatic carbocycles. The highest BCUT2D eigenvalue weighted by molar-refractivity contribution is 7.09. The van der Waals surface area contributed by atoms with E-state index < -0.39 is 95.8 Å². The van der Waals surface area contributed by atoms with Gasteiger partial charge in [-0.1, -0.05) is 133 Å². The average molecular weight is 1050 g/mol. The van der Waals surface area contributed by atoms with Crippen molar-refractivity contribution in [3.8, 4) is 11.1 Å². The molecule has 392 valence electrons. The number of aliphatic carboxylic acids is 1. The number of ether oxygens (including phenoxy) is 2. The second kappa shape index (κ2) is 26.3. The number of carbonyl (C=O) groups is 9. The molecule has 8 rings (SSSR count). The first-order valence-corrected chi connectivity index (χ1v) is 25.2. The molecule has 19 heteroatoms. The van der Waals surface area contributed by atoms with Crippen molar-refractivity contribution in [2.24, 2.45) is 0 Å². The van der Waals surface area contributed by atoms with Gasteiger partial charge in [-0.3, -0.25) is 38.4 Å². The highest BCUT2D eigenvalue weighted by Crippen LogP contribution is 2.22. The van der Waals surface area contributed by atoms with E-state index in [-0.39, 0.29) is 37.8 Å². The number of fused-ring (bicyclic) bond motifs is 18. The first-order chi connectivity index (χ1) is 36.6. The van der Waals surface area contributed by atoms with Crippen LogP contribution in [0.25, 0.3) is 11.1 Å². The molecule has 2 bridgehead atoms. The van der Waals surface area contributed by atoms with E-state index in [1.807, 2.05) is 42.5 Å². The van der Waals surface area contributed by atoms with Crippen LogP contribution in [0.2, 0.25) is 0 Å². The van der Waals surface area contributed by atoms with Gasteiger partial charge in [-0.2, -0.15) is 0 Å². The zero-order chi connectivity index (χ0) is 54.1. The molecular weight excluding hydrogens is 993 g/mol. The zero-order valence-electron chi connectivity index (χ0n) is 41.4. The van der Waals surface area contributed by atoms with E-state index in [0.29, 0.717) is 27.1 Å². The number of carboxylic acids is 1. The molecular formula is C57H56N6O12S. The lowest BCUT2D eigenvalue weighted by atomic mass is 9.98. The van der Waals surface area contributed by atoms with Gasteiger partial charge in [-0.15, -0.1) is 11.3 Å². The molecule has 7 atom stereocenters. The SMILES string of the molecule is CC(=O)O[C@H]1C(=O)Nc2ccc(cc2)C[C@H](C(=O)N[C@@H](Cc2ccccc2)C(=O)O)NC(=O)[C@H](Cc2ccccc2)NC(=O)[C@@H](Cc2ccc(-c3ccccc3)cc2)NC(=O)[C@H](Cc2cccs2)NC(=O)[C@@H]1OC(C)=O. The number of thiophene rings is 1. The summed E-state index contributed by atoms with van der Waals surface area (Å²) in [5, 5.41) is 28.1. The minimum atomic E-state index is -2.14. The Morgan fingerprint density at radius 3 is 1.58 bits per heavy atom. The van der Waals surface area contributed by atoms with Gasteiger partial charge in [0.2, 0.25) is 35.8 Å². The molecule has 0 saturated heterocycles. The number of nitrogens with one attached hydrogen (secondary N) is 6. The smallest absolute Gasteiger partial charge is 0.326 e. The Morgan fingerprint density at radius 2 is 1.04 bits per heavy atom. The second-order valence-electron chi connectivity index (χ2n) is 18.0. The van der Waals surface area contributed by atoms with Gasteiger partial charge in [-0.05, 0) is 57.0 Å². The van der Waals surface area contributed by atoms with Crippen molar-refractivity contribution in [2.75, 3.05) is 5.32 Å². The fraction of sp³-hybridized carbons (Fsp3) is 0.246. The predicted octanol–water partition coefficient (Wildman–Crippen LogP) is 4.25. The first-order valence-electron chi connectivity index (χ1n) is 24.3. The Hall–Kier alpha value is -8.97. The van der Waals surface area contributed by atoms with Crippen molar-refractivity contribution in [1.82, 2.24) is 26.6 Å². The molecule has 6 aromatic rings. The molecule has 1 aromatic heterocycles. The van der Waals surface area contributed by atoms with E-state index >= 15 is 0 Å². The van der Waals surface area contributed by atoms with Crippen LogP contribution in [-0.4, -0.2) is 101 Å². The van der Waals surface area contributed by atoms with E-state index in [2.05, 4.69) is 31.9 Å². The standard InChI is InChI=1S/C57H56N6O12S/c1-34(64)74-49-50(75-35(2)65)56(71)62-47(33-43-19-12-28-76-43)54(69)61-45(30-38-20-24-41(25-21-38)40-17-10-5-11-18-40)52(67)59-44(29-36-13-6-3-7-14-36)51(66)60-46(31-39-22-26-42(27-23-39)58-55(49)70)53(68)63-48(57(72)73)32-37-15-8-4-9-16-37/h3-28,44-50H,29-33H2,1-2H3,(H,58,70)(H,59,67)(H,60,66)(H,61,69)(H,62,71)(H,63,68)(H,72,73)/t44-,45+,46+,47-,48-,49+,50+/m0/s1. The fourth-order valence-electron chi connectivity index (χ4n) is 8.45. The summed E-state index contributed by atoms with van der Waals surface area (Å²) < 4.78 is 10.7. The normalized spacial score (nSPS) is 19.9. The van der Waals surface area contributed by atoms with E-state index in [1.165, 1.54) is 35.6 Å². The number of carbonyl (C=O) groups excluding carboxylic acids is 8. The lowest BCUT2D eigenvalue weighted by Gasteiger charge is -2.28. The minimum Gasteiger partial charge on any atom is -0.480 e. The Morgan fingerprint density at radius 1 is 0.553 bits per heavy atom. The average Bonchev–Trinajstić information content (AvgIpc) is 3.93. The Balaban J connectivity index is 1.31. The van der Waals surface area contributed by atoms with Gasteiger partial charge in [0.25, 0.3) is 11.8 Å². The van der Waals surface area contributed by atoms with Crippen LogP contribution in [-0.2, 0) is 84.7 Å². The molecule has 0 spiro atoms. The Labute approximate surface area is 442 Å². The molecule has 0 saturated carbocycles. The maximum Gasteiger partial charge on any atom is 0.326 e. The summed E-state index contributed by atoms with van der Waals surface area (Å²) in [5.74, 6) is -9.09. The van der Waals surface area contributed by atoms with Crippen molar-refractivity contribution in [3.05, 3.63) is 184 Å². The molecule has 2 aliphatic rings. The zero-order valence-corrected chi connectivity index (χ0v) is 42.3. The monoisotopic (exact) mass is 1050 g/mol. The molecule has 6 amide bonds. The second-order valence-corrected chi connectivity index (χ2v) is 19.1. The molecule has 0 unspecified atom stereocenters. The molecule has 3 heterocycles. The van der Waals surface area contributed by atoms with E-state index in [0.717, 1.165) is 25.0 Å². The van der Waals surface area contributed by atoms with Gasteiger partial charge in [0.1, 0.15) is 30.2 Å². The fourth-order valence-corrected chi connectivity index (χ4v) is 9.20.